The minimum atomic E-state index is -4.77. The Labute approximate surface area is 176 Å². The molecule has 1 atom stereocenters. The summed E-state index contributed by atoms with van der Waals surface area (Å²) in [6.45, 7) is 0.634. The van der Waals surface area contributed by atoms with E-state index < -0.39 is 43.6 Å². The average Bonchev–Trinajstić information content (AvgIpc) is 2.68. The molecular weight excluding hydrogens is 448 g/mol. The number of halogens is 5. The zero-order chi connectivity index (χ0) is 22.1. The third kappa shape index (κ3) is 4.94. The van der Waals surface area contributed by atoms with Gasteiger partial charge in [0.05, 0.1) is 21.6 Å². The standard InChI is InChI=1S/C19H19ClF4N2O3S/c20-16-6-5-13(11-15(16)19(22,23)24)30(28,29)26-9-7-25(8-10-26)12-18(27)14-3-1-2-4-17(14)21/h1-6,11,18,27H,7-10,12H2. The summed E-state index contributed by atoms with van der Waals surface area (Å²) in [5.41, 5.74) is -1.06. The monoisotopic (exact) mass is 466 g/mol. The highest BCUT2D eigenvalue weighted by Gasteiger charge is 2.36. The summed E-state index contributed by atoms with van der Waals surface area (Å²) in [5.74, 6) is -0.533. The molecule has 1 saturated heterocycles. The predicted molar refractivity (Wildman–Crippen MR) is 103 cm³/mol. The molecule has 1 heterocycles. The zero-order valence-electron chi connectivity index (χ0n) is 15.6. The highest BCUT2D eigenvalue weighted by Crippen LogP contribution is 2.36. The van der Waals surface area contributed by atoms with Crippen molar-refractivity contribution in [1.82, 2.24) is 9.21 Å². The van der Waals surface area contributed by atoms with E-state index in [0.29, 0.717) is 6.07 Å². The number of aliphatic hydroxyl groups is 1. The summed E-state index contributed by atoms with van der Waals surface area (Å²) in [6, 6.07) is 8.32. The van der Waals surface area contributed by atoms with E-state index >= 15 is 0 Å². The number of β-amino-alcohol motifs (C(OH)–C–C–N with tert-alkyl or cyclic N) is 1. The summed E-state index contributed by atoms with van der Waals surface area (Å²) in [5, 5.41) is 9.68. The van der Waals surface area contributed by atoms with E-state index in [9.17, 15) is 31.1 Å². The Kier molecular flexibility index (Phi) is 6.73. The number of piperazine rings is 1. The molecular formula is C19H19ClF4N2O3S. The molecule has 11 heteroatoms. The van der Waals surface area contributed by atoms with E-state index in [1.165, 1.54) is 18.2 Å². The van der Waals surface area contributed by atoms with Gasteiger partial charge in [0.25, 0.3) is 0 Å². The number of alkyl halides is 3. The van der Waals surface area contributed by atoms with Crippen molar-refractivity contribution in [3.05, 3.63) is 64.4 Å². The first-order valence-electron chi connectivity index (χ1n) is 9.02. The molecule has 1 N–H and O–H groups in total. The van der Waals surface area contributed by atoms with Crippen molar-refractivity contribution in [2.45, 2.75) is 17.2 Å². The van der Waals surface area contributed by atoms with E-state index in [2.05, 4.69) is 0 Å². The van der Waals surface area contributed by atoms with Crippen molar-refractivity contribution in [2.24, 2.45) is 0 Å². The van der Waals surface area contributed by atoms with Gasteiger partial charge in [0.2, 0.25) is 10.0 Å². The summed E-state index contributed by atoms with van der Waals surface area (Å²) in [6.07, 6.45) is -5.86. The second kappa shape index (κ2) is 8.80. The molecule has 0 saturated carbocycles. The molecule has 0 amide bonds. The second-order valence-corrected chi connectivity index (χ2v) is 9.23. The molecule has 30 heavy (non-hydrogen) atoms. The van der Waals surface area contributed by atoms with Gasteiger partial charge in [0.15, 0.2) is 0 Å². The number of benzene rings is 2. The van der Waals surface area contributed by atoms with Crippen LogP contribution in [0, 0.1) is 5.82 Å². The topological polar surface area (TPSA) is 60.9 Å². The van der Waals surface area contributed by atoms with E-state index in [4.69, 9.17) is 11.6 Å². The smallest absolute Gasteiger partial charge is 0.387 e. The van der Waals surface area contributed by atoms with E-state index in [1.54, 1.807) is 11.0 Å². The Hall–Kier alpha value is -1.72. The van der Waals surface area contributed by atoms with Crippen LogP contribution in [-0.2, 0) is 16.2 Å². The molecule has 0 bridgehead atoms. The molecule has 3 rings (SSSR count). The fourth-order valence-corrected chi connectivity index (χ4v) is 4.95. The van der Waals surface area contributed by atoms with Crippen molar-refractivity contribution in [3.8, 4) is 0 Å². The Balaban J connectivity index is 1.68. The van der Waals surface area contributed by atoms with Crippen LogP contribution in [0.5, 0.6) is 0 Å². The van der Waals surface area contributed by atoms with Gasteiger partial charge < -0.3 is 5.11 Å². The molecule has 1 aliphatic rings. The highest BCUT2D eigenvalue weighted by molar-refractivity contribution is 7.89. The number of rotatable bonds is 5. The SMILES string of the molecule is O=S(=O)(c1ccc(Cl)c(C(F)(F)F)c1)N1CCN(CC(O)c2ccccc2F)CC1. The van der Waals surface area contributed by atoms with Gasteiger partial charge in [-0.3, -0.25) is 4.90 Å². The minimum Gasteiger partial charge on any atom is -0.387 e. The largest absolute Gasteiger partial charge is 0.417 e. The van der Waals surface area contributed by atoms with Crippen LogP contribution in [0.15, 0.2) is 47.4 Å². The molecule has 0 spiro atoms. The fraction of sp³-hybridized carbons (Fsp3) is 0.368. The Morgan fingerprint density at radius 3 is 2.30 bits per heavy atom. The molecule has 1 fully saturated rings. The highest BCUT2D eigenvalue weighted by atomic mass is 35.5. The molecule has 1 unspecified atom stereocenters. The van der Waals surface area contributed by atoms with Crippen molar-refractivity contribution >= 4 is 21.6 Å². The van der Waals surface area contributed by atoms with Crippen LogP contribution in [0.4, 0.5) is 17.6 Å². The van der Waals surface area contributed by atoms with Gasteiger partial charge in [-0.25, -0.2) is 12.8 Å². The molecule has 1 aliphatic heterocycles. The Bertz CT molecular complexity index is 1010. The van der Waals surface area contributed by atoms with Crippen LogP contribution in [-0.4, -0.2) is 55.5 Å². The summed E-state index contributed by atoms with van der Waals surface area (Å²) >= 11 is 5.56. The van der Waals surface area contributed by atoms with Gasteiger partial charge in [-0.05, 0) is 24.3 Å². The summed E-state index contributed by atoms with van der Waals surface area (Å²) in [7, 11) is -4.15. The lowest BCUT2D eigenvalue weighted by Crippen LogP contribution is -2.49. The van der Waals surface area contributed by atoms with Crippen molar-refractivity contribution < 1.29 is 31.1 Å². The third-order valence-corrected chi connectivity index (χ3v) is 7.13. The zero-order valence-corrected chi connectivity index (χ0v) is 17.2. The number of hydrogen-bond donors (Lipinski definition) is 1. The number of sulfonamides is 1. The van der Waals surface area contributed by atoms with E-state index in [0.717, 1.165) is 16.4 Å². The number of aliphatic hydroxyl groups excluding tert-OH is 1. The first kappa shape index (κ1) is 23.0. The van der Waals surface area contributed by atoms with Gasteiger partial charge in [0.1, 0.15) is 5.82 Å². The predicted octanol–water partition coefficient (Wildman–Crippen LogP) is 3.54. The van der Waals surface area contributed by atoms with E-state index in [1.807, 2.05) is 0 Å². The summed E-state index contributed by atoms with van der Waals surface area (Å²) < 4.78 is 79.6. The van der Waals surface area contributed by atoms with Crippen LogP contribution in [0.25, 0.3) is 0 Å². The normalized spacial score (nSPS) is 17.8. The second-order valence-electron chi connectivity index (χ2n) is 6.88. The van der Waals surface area contributed by atoms with Crippen molar-refractivity contribution in [2.75, 3.05) is 32.7 Å². The molecule has 5 nitrogen and oxygen atoms in total. The molecule has 164 valence electrons. The number of nitrogens with zero attached hydrogens (tertiary/aromatic N) is 2. The van der Waals surface area contributed by atoms with Crippen molar-refractivity contribution in [1.29, 1.82) is 0 Å². The number of hydrogen-bond acceptors (Lipinski definition) is 4. The quantitative estimate of drug-likeness (QED) is 0.685. The average molecular weight is 467 g/mol. The molecule has 2 aromatic carbocycles. The first-order chi connectivity index (χ1) is 14.0. The minimum absolute atomic E-state index is 0.0241. The van der Waals surface area contributed by atoms with Gasteiger partial charge in [-0.1, -0.05) is 29.8 Å². The van der Waals surface area contributed by atoms with E-state index in [-0.39, 0.29) is 38.3 Å². The van der Waals surface area contributed by atoms with Gasteiger partial charge >= 0.3 is 6.18 Å². The maximum atomic E-state index is 13.8. The Morgan fingerprint density at radius 1 is 1.07 bits per heavy atom. The van der Waals surface area contributed by atoms with Gasteiger partial charge in [0, 0.05) is 38.3 Å². The maximum absolute atomic E-state index is 13.8. The van der Waals surface area contributed by atoms with Crippen LogP contribution in [0.3, 0.4) is 0 Å². The maximum Gasteiger partial charge on any atom is 0.417 e. The molecule has 0 radical (unpaired) electrons. The lowest BCUT2D eigenvalue weighted by molar-refractivity contribution is -0.137. The van der Waals surface area contributed by atoms with Crippen LogP contribution >= 0.6 is 11.6 Å². The first-order valence-corrected chi connectivity index (χ1v) is 10.8. The Morgan fingerprint density at radius 2 is 1.70 bits per heavy atom. The summed E-state index contributed by atoms with van der Waals surface area (Å²) in [4.78, 5) is 1.28. The van der Waals surface area contributed by atoms with Crippen molar-refractivity contribution in [3.63, 3.8) is 0 Å². The molecule has 2 aromatic rings. The van der Waals surface area contributed by atoms with Crippen LogP contribution < -0.4 is 0 Å². The van der Waals surface area contributed by atoms with Crippen LogP contribution in [0.2, 0.25) is 5.02 Å². The fourth-order valence-electron chi connectivity index (χ4n) is 3.27. The van der Waals surface area contributed by atoms with Gasteiger partial charge in [-0.2, -0.15) is 17.5 Å². The van der Waals surface area contributed by atoms with Crippen LogP contribution in [0.1, 0.15) is 17.2 Å². The lowest BCUT2D eigenvalue weighted by atomic mass is 10.1. The molecule has 0 aliphatic carbocycles. The lowest BCUT2D eigenvalue weighted by Gasteiger charge is -2.35. The molecule has 0 aromatic heterocycles. The van der Waals surface area contributed by atoms with Gasteiger partial charge in [-0.15, -0.1) is 0 Å². The third-order valence-electron chi connectivity index (χ3n) is 4.91.